The van der Waals surface area contributed by atoms with Gasteiger partial charge in [-0.05, 0) is 29.5 Å². The van der Waals surface area contributed by atoms with E-state index < -0.39 is 0 Å². The van der Waals surface area contributed by atoms with Crippen LogP contribution in [-0.4, -0.2) is 0 Å². The quantitative estimate of drug-likeness (QED) is 0.837. The number of benzene rings is 2. The summed E-state index contributed by atoms with van der Waals surface area (Å²) in [5.74, 6) is 0. The SMILES string of the molecule is C=C1NC(C2=CCCC=C2)(c2ccccc2)c2ccccc21. The molecule has 1 nitrogen and oxygen atoms in total. The van der Waals surface area contributed by atoms with Gasteiger partial charge in [0.05, 0.1) is 0 Å². The average molecular weight is 285 g/mol. The Hall–Kier alpha value is -2.54. The van der Waals surface area contributed by atoms with Crippen LogP contribution in [0.1, 0.15) is 29.5 Å². The van der Waals surface area contributed by atoms with Crippen molar-refractivity contribution in [1.82, 2.24) is 5.32 Å². The molecule has 0 amide bonds. The van der Waals surface area contributed by atoms with Crippen molar-refractivity contribution in [3.8, 4) is 0 Å². The summed E-state index contributed by atoms with van der Waals surface area (Å²) in [5.41, 5.74) is 5.77. The molecule has 22 heavy (non-hydrogen) atoms. The minimum absolute atomic E-state index is 0.314. The molecule has 0 saturated heterocycles. The van der Waals surface area contributed by atoms with Gasteiger partial charge in [0, 0.05) is 11.3 Å². The maximum absolute atomic E-state index is 4.25. The predicted molar refractivity (Wildman–Crippen MR) is 92.3 cm³/mol. The fourth-order valence-corrected chi connectivity index (χ4v) is 3.64. The molecule has 0 aromatic heterocycles. The fraction of sp³-hybridized carbons (Fsp3) is 0.143. The van der Waals surface area contributed by atoms with Crippen molar-refractivity contribution in [2.24, 2.45) is 0 Å². The molecule has 1 heteroatoms. The lowest BCUT2D eigenvalue weighted by Gasteiger charge is -2.34. The van der Waals surface area contributed by atoms with Crippen molar-refractivity contribution in [2.75, 3.05) is 0 Å². The Kier molecular flexibility index (Phi) is 3.00. The predicted octanol–water partition coefficient (Wildman–Crippen LogP) is 4.78. The molecule has 1 aliphatic carbocycles. The third-order valence-electron chi connectivity index (χ3n) is 4.63. The van der Waals surface area contributed by atoms with E-state index in [0.717, 1.165) is 18.5 Å². The van der Waals surface area contributed by atoms with Gasteiger partial charge in [0.2, 0.25) is 0 Å². The zero-order valence-electron chi connectivity index (χ0n) is 12.5. The number of hydrogen-bond donors (Lipinski definition) is 1. The number of fused-ring (bicyclic) bond motifs is 1. The summed E-state index contributed by atoms with van der Waals surface area (Å²) in [6.45, 7) is 4.25. The molecule has 2 aliphatic rings. The first kappa shape index (κ1) is 13.1. The van der Waals surface area contributed by atoms with Gasteiger partial charge in [0.1, 0.15) is 5.54 Å². The van der Waals surface area contributed by atoms with Crippen molar-refractivity contribution in [3.63, 3.8) is 0 Å². The van der Waals surface area contributed by atoms with E-state index in [1.54, 1.807) is 0 Å². The Bertz CT molecular complexity index is 783. The minimum Gasteiger partial charge on any atom is -0.368 e. The van der Waals surface area contributed by atoms with E-state index >= 15 is 0 Å². The van der Waals surface area contributed by atoms with Gasteiger partial charge in [-0.1, -0.05) is 79.4 Å². The third kappa shape index (κ3) is 1.79. The van der Waals surface area contributed by atoms with Crippen LogP contribution in [0.3, 0.4) is 0 Å². The second kappa shape index (κ2) is 5.03. The Labute approximate surface area is 131 Å². The Morgan fingerprint density at radius 2 is 1.68 bits per heavy atom. The minimum atomic E-state index is -0.314. The van der Waals surface area contributed by atoms with Crippen LogP contribution in [0.25, 0.3) is 5.70 Å². The van der Waals surface area contributed by atoms with Crippen LogP contribution in [-0.2, 0) is 5.54 Å². The number of rotatable bonds is 2. The largest absolute Gasteiger partial charge is 0.368 e. The van der Waals surface area contributed by atoms with Gasteiger partial charge in [-0.2, -0.15) is 0 Å². The molecule has 0 spiro atoms. The molecule has 1 unspecified atom stereocenters. The monoisotopic (exact) mass is 285 g/mol. The van der Waals surface area contributed by atoms with E-state index in [1.807, 2.05) is 0 Å². The van der Waals surface area contributed by atoms with Crippen molar-refractivity contribution in [3.05, 3.63) is 102 Å². The number of hydrogen-bond acceptors (Lipinski definition) is 1. The molecule has 1 N–H and O–H groups in total. The van der Waals surface area contributed by atoms with Crippen molar-refractivity contribution in [2.45, 2.75) is 18.4 Å². The molecule has 1 heterocycles. The number of nitrogens with one attached hydrogen (secondary N) is 1. The zero-order chi connectivity index (χ0) is 15.0. The maximum Gasteiger partial charge on any atom is 0.114 e. The first-order valence-electron chi connectivity index (χ1n) is 7.82. The van der Waals surface area contributed by atoms with Crippen LogP contribution in [0.2, 0.25) is 0 Å². The first-order chi connectivity index (χ1) is 10.8. The Morgan fingerprint density at radius 3 is 2.45 bits per heavy atom. The van der Waals surface area contributed by atoms with Crippen LogP contribution in [0.4, 0.5) is 0 Å². The molecular weight excluding hydrogens is 266 g/mol. The van der Waals surface area contributed by atoms with Gasteiger partial charge in [-0.15, -0.1) is 0 Å². The summed E-state index contributed by atoms with van der Waals surface area (Å²) in [6.07, 6.45) is 9.10. The van der Waals surface area contributed by atoms with Gasteiger partial charge < -0.3 is 5.32 Å². The number of allylic oxidation sites excluding steroid dienone is 2. The van der Waals surface area contributed by atoms with Crippen LogP contribution < -0.4 is 5.32 Å². The van der Waals surface area contributed by atoms with E-state index in [1.165, 1.54) is 22.3 Å². The highest BCUT2D eigenvalue weighted by atomic mass is 15.0. The highest BCUT2D eigenvalue weighted by molar-refractivity contribution is 5.77. The molecule has 2 aromatic carbocycles. The lowest BCUT2D eigenvalue weighted by molar-refractivity contribution is 0.582. The van der Waals surface area contributed by atoms with Gasteiger partial charge in [0.25, 0.3) is 0 Å². The van der Waals surface area contributed by atoms with Gasteiger partial charge in [-0.3, -0.25) is 0 Å². The summed E-state index contributed by atoms with van der Waals surface area (Å²) in [6, 6.07) is 19.3. The molecule has 1 aliphatic heterocycles. The van der Waals surface area contributed by atoms with Crippen LogP contribution >= 0.6 is 0 Å². The van der Waals surface area contributed by atoms with Gasteiger partial charge in [-0.25, -0.2) is 0 Å². The van der Waals surface area contributed by atoms with Crippen LogP contribution in [0.5, 0.6) is 0 Å². The molecule has 0 bridgehead atoms. The zero-order valence-corrected chi connectivity index (χ0v) is 12.5. The second-order valence-electron chi connectivity index (χ2n) is 5.90. The summed E-state index contributed by atoms with van der Waals surface area (Å²) in [7, 11) is 0. The highest BCUT2D eigenvalue weighted by Crippen LogP contribution is 2.46. The van der Waals surface area contributed by atoms with E-state index in [9.17, 15) is 0 Å². The van der Waals surface area contributed by atoms with Crippen LogP contribution in [0.15, 0.2) is 85.0 Å². The third-order valence-corrected chi connectivity index (χ3v) is 4.63. The average Bonchev–Trinajstić information content (AvgIpc) is 2.91. The summed E-state index contributed by atoms with van der Waals surface area (Å²) < 4.78 is 0. The van der Waals surface area contributed by atoms with Crippen molar-refractivity contribution >= 4 is 5.70 Å². The Balaban J connectivity index is 2.02. The fourth-order valence-electron chi connectivity index (χ4n) is 3.64. The van der Waals surface area contributed by atoms with E-state index in [4.69, 9.17) is 0 Å². The van der Waals surface area contributed by atoms with Gasteiger partial charge in [0.15, 0.2) is 0 Å². The normalized spacial score (nSPS) is 22.9. The molecule has 4 rings (SSSR count). The van der Waals surface area contributed by atoms with Crippen molar-refractivity contribution in [1.29, 1.82) is 0 Å². The van der Waals surface area contributed by atoms with Gasteiger partial charge >= 0.3 is 0 Å². The second-order valence-corrected chi connectivity index (χ2v) is 5.90. The van der Waals surface area contributed by atoms with E-state index in [0.29, 0.717) is 0 Å². The molecule has 108 valence electrons. The molecule has 0 radical (unpaired) electrons. The standard InChI is InChI=1S/C21H19N/c1-16-19-14-8-9-15-20(19)21(22-16,17-10-4-2-5-11-17)18-12-6-3-7-13-18/h2,4-6,8-15,22H,1,3,7H2. The summed E-state index contributed by atoms with van der Waals surface area (Å²) in [4.78, 5) is 0. The topological polar surface area (TPSA) is 12.0 Å². The summed E-state index contributed by atoms with van der Waals surface area (Å²) >= 11 is 0. The van der Waals surface area contributed by atoms with Crippen molar-refractivity contribution < 1.29 is 0 Å². The molecule has 2 aromatic rings. The molecular formula is C21H19N. The Morgan fingerprint density at radius 1 is 0.909 bits per heavy atom. The van der Waals surface area contributed by atoms with E-state index in [2.05, 4.69) is 84.7 Å². The summed E-state index contributed by atoms with van der Waals surface area (Å²) in [5, 5.41) is 3.70. The highest BCUT2D eigenvalue weighted by Gasteiger charge is 2.43. The van der Waals surface area contributed by atoms with E-state index in [-0.39, 0.29) is 5.54 Å². The molecule has 0 saturated carbocycles. The first-order valence-corrected chi connectivity index (χ1v) is 7.82. The lowest BCUT2D eigenvalue weighted by atomic mass is 9.76. The molecule has 1 atom stereocenters. The maximum atomic E-state index is 4.25. The van der Waals surface area contributed by atoms with Crippen LogP contribution in [0, 0.1) is 0 Å². The smallest absolute Gasteiger partial charge is 0.114 e. The lowest BCUT2D eigenvalue weighted by Crippen LogP contribution is -2.39. The molecule has 0 fully saturated rings.